The van der Waals surface area contributed by atoms with E-state index in [0.29, 0.717) is 5.56 Å². The SMILES string of the molecule is C/C=C/C(=O)O.C=CC(=C)/C(=C\N=CC)N(C)/C=C/NC.C=CCCC.CNCc1ccc(F)c(C)c1. The van der Waals surface area contributed by atoms with Gasteiger partial charge in [-0.15, -0.1) is 6.58 Å². The van der Waals surface area contributed by atoms with E-state index in [-0.39, 0.29) is 5.82 Å². The standard InChI is InChI=1S/C12H19N3.C9H12FN.C5H10.C4H6O2/c1-6-11(3)12(10-14-7-2)15(5)9-8-13-4;1-7-5-8(6-11-2)3-4-9(7)10;1-3-5-4-2;1-2-3-4(5)6/h6-10,13H,1,3H2,2,4-5H3;3-5,11H,6H2,1-2H3;3H,1,4-5H2,2H3;2-3H,1H3,(H,5,6)/b9-8+,12-10+,14-7?;;;3-2+. The fourth-order valence-corrected chi connectivity index (χ4v) is 2.28. The number of unbranched alkanes of at least 4 members (excludes halogenated alkanes) is 1. The van der Waals surface area contributed by atoms with Crippen LogP contribution in [-0.2, 0) is 11.3 Å². The van der Waals surface area contributed by atoms with Gasteiger partial charge in [-0.1, -0.05) is 56.9 Å². The molecule has 0 saturated heterocycles. The van der Waals surface area contributed by atoms with E-state index in [1.165, 1.54) is 18.6 Å². The Morgan fingerprint density at radius 1 is 1.24 bits per heavy atom. The maximum atomic E-state index is 12.7. The molecule has 0 aliphatic carbocycles. The molecule has 0 unspecified atom stereocenters. The number of aliphatic carboxylic acids is 1. The molecule has 6 nitrogen and oxygen atoms in total. The van der Waals surface area contributed by atoms with Crippen molar-refractivity contribution in [1.82, 2.24) is 15.5 Å². The summed E-state index contributed by atoms with van der Waals surface area (Å²) in [6, 6.07) is 5.15. The number of carbonyl (C=O) groups is 1. The molecule has 0 bridgehead atoms. The molecule has 0 aromatic heterocycles. The Hall–Kier alpha value is -3.71. The molecular formula is C30H47FN4O2. The van der Waals surface area contributed by atoms with Crippen LogP contribution in [0.25, 0.3) is 0 Å². The number of nitrogens with one attached hydrogen (secondary N) is 2. The molecule has 206 valence electrons. The highest BCUT2D eigenvalue weighted by Gasteiger charge is 2.02. The van der Waals surface area contributed by atoms with E-state index in [0.717, 1.165) is 35.9 Å². The molecule has 37 heavy (non-hydrogen) atoms. The van der Waals surface area contributed by atoms with Gasteiger partial charge < -0.3 is 20.6 Å². The first-order valence-corrected chi connectivity index (χ1v) is 12.0. The number of carboxylic acid groups (broad SMARTS) is 1. The van der Waals surface area contributed by atoms with Crippen LogP contribution in [0.5, 0.6) is 0 Å². The summed E-state index contributed by atoms with van der Waals surface area (Å²) in [5.74, 6) is -1.03. The van der Waals surface area contributed by atoms with Gasteiger partial charge in [0, 0.05) is 45.3 Å². The summed E-state index contributed by atoms with van der Waals surface area (Å²) in [6.07, 6.45) is 15.8. The lowest BCUT2D eigenvalue weighted by atomic mass is 10.1. The molecule has 0 heterocycles. The normalized spacial score (nSPS) is 10.4. The second-order valence-electron chi connectivity index (χ2n) is 7.40. The average molecular weight is 515 g/mol. The van der Waals surface area contributed by atoms with E-state index >= 15 is 0 Å². The molecule has 0 aliphatic heterocycles. The summed E-state index contributed by atoms with van der Waals surface area (Å²) >= 11 is 0. The van der Waals surface area contributed by atoms with Crippen molar-refractivity contribution in [3.05, 3.63) is 109 Å². The topological polar surface area (TPSA) is 77.0 Å². The van der Waals surface area contributed by atoms with E-state index in [4.69, 9.17) is 5.11 Å². The van der Waals surface area contributed by atoms with Crippen LogP contribution < -0.4 is 10.6 Å². The highest BCUT2D eigenvalue weighted by atomic mass is 19.1. The smallest absolute Gasteiger partial charge is 0.327 e. The Kier molecular flexibility index (Phi) is 27.5. The highest BCUT2D eigenvalue weighted by molar-refractivity contribution is 5.79. The van der Waals surface area contributed by atoms with E-state index < -0.39 is 5.97 Å². The molecule has 1 aromatic rings. The number of nitrogens with zero attached hydrogens (tertiary/aromatic N) is 2. The Bertz CT molecular complexity index is 903. The van der Waals surface area contributed by atoms with Crippen LogP contribution in [-0.4, -0.2) is 43.3 Å². The number of aliphatic imine (C=N–C) groups is 1. The Labute approximate surface area is 224 Å². The van der Waals surface area contributed by atoms with Crippen molar-refractivity contribution in [2.45, 2.75) is 47.1 Å². The van der Waals surface area contributed by atoms with Crippen molar-refractivity contribution in [2.24, 2.45) is 4.99 Å². The zero-order chi connectivity index (χ0) is 29.1. The lowest BCUT2D eigenvalue weighted by Crippen LogP contribution is -2.12. The van der Waals surface area contributed by atoms with Gasteiger partial charge in [-0.05, 0) is 57.0 Å². The average Bonchev–Trinajstić information content (AvgIpc) is 2.86. The molecule has 0 amide bonds. The number of carboxylic acids is 1. The maximum absolute atomic E-state index is 12.7. The molecular weight excluding hydrogens is 467 g/mol. The third-order valence-electron chi connectivity index (χ3n) is 4.17. The van der Waals surface area contributed by atoms with Gasteiger partial charge in [0.2, 0.25) is 0 Å². The lowest BCUT2D eigenvalue weighted by molar-refractivity contribution is -0.131. The van der Waals surface area contributed by atoms with Crippen LogP contribution in [0.1, 0.15) is 44.7 Å². The second kappa shape index (κ2) is 26.9. The number of halogens is 1. The first-order valence-electron chi connectivity index (χ1n) is 12.0. The number of allylic oxidation sites excluding steroid dienone is 3. The summed E-state index contributed by atoms with van der Waals surface area (Å²) in [4.78, 5) is 15.5. The van der Waals surface area contributed by atoms with Gasteiger partial charge in [0.25, 0.3) is 0 Å². The number of hydrogen-bond donors (Lipinski definition) is 3. The third-order valence-corrected chi connectivity index (χ3v) is 4.17. The number of hydrogen-bond acceptors (Lipinski definition) is 5. The van der Waals surface area contributed by atoms with Gasteiger partial charge in [0.15, 0.2) is 0 Å². The van der Waals surface area contributed by atoms with E-state index in [1.807, 2.05) is 57.5 Å². The molecule has 0 fully saturated rings. The Balaban J connectivity index is -0.000000458. The van der Waals surface area contributed by atoms with Crippen LogP contribution in [0.2, 0.25) is 0 Å². The minimum atomic E-state index is -0.891. The molecule has 7 heteroatoms. The monoisotopic (exact) mass is 514 g/mol. The van der Waals surface area contributed by atoms with Crippen LogP contribution in [0.4, 0.5) is 4.39 Å². The Morgan fingerprint density at radius 2 is 1.89 bits per heavy atom. The largest absolute Gasteiger partial charge is 0.478 e. The fourth-order valence-electron chi connectivity index (χ4n) is 2.28. The second-order valence-corrected chi connectivity index (χ2v) is 7.40. The van der Waals surface area contributed by atoms with Crippen LogP contribution in [0, 0.1) is 12.7 Å². The zero-order valence-electron chi connectivity index (χ0n) is 23.7. The third kappa shape index (κ3) is 23.8. The number of likely N-dealkylation sites (N-methyl/N-ethyl adjacent to an activating group) is 1. The van der Waals surface area contributed by atoms with E-state index in [1.54, 1.807) is 38.4 Å². The fraction of sp³-hybridized carbons (Fsp3) is 0.333. The van der Waals surface area contributed by atoms with E-state index in [2.05, 4.69) is 42.3 Å². The molecule has 0 atom stereocenters. The molecule has 1 rings (SSSR count). The van der Waals surface area contributed by atoms with Crippen molar-refractivity contribution < 1.29 is 14.3 Å². The minimum absolute atomic E-state index is 0.134. The molecule has 3 N–H and O–H groups in total. The summed E-state index contributed by atoms with van der Waals surface area (Å²) < 4.78 is 12.7. The van der Waals surface area contributed by atoms with Crippen molar-refractivity contribution in [1.29, 1.82) is 0 Å². The van der Waals surface area contributed by atoms with Crippen LogP contribution in [0.15, 0.2) is 97.1 Å². The summed E-state index contributed by atoms with van der Waals surface area (Å²) in [7, 11) is 5.65. The molecule has 0 saturated carbocycles. The Morgan fingerprint density at radius 3 is 2.24 bits per heavy atom. The number of aryl methyl sites for hydroxylation is 1. The van der Waals surface area contributed by atoms with E-state index in [9.17, 15) is 9.18 Å². The lowest BCUT2D eigenvalue weighted by Gasteiger charge is -2.17. The molecule has 1 aromatic carbocycles. The minimum Gasteiger partial charge on any atom is -0.478 e. The van der Waals surface area contributed by atoms with Gasteiger partial charge in [-0.2, -0.15) is 0 Å². The van der Waals surface area contributed by atoms with Gasteiger partial charge >= 0.3 is 5.97 Å². The van der Waals surface area contributed by atoms with Crippen LogP contribution in [0.3, 0.4) is 0 Å². The number of benzene rings is 1. The summed E-state index contributed by atoms with van der Waals surface area (Å²) in [6.45, 7) is 19.4. The predicted octanol–water partition coefficient (Wildman–Crippen LogP) is 6.76. The molecule has 0 radical (unpaired) electrons. The van der Waals surface area contributed by atoms with Crippen molar-refractivity contribution in [2.75, 3.05) is 21.1 Å². The van der Waals surface area contributed by atoms with Gasteiger partial charge in [-0.3, -0.25) is 4.99 Å². The van der Waals surface area contributed by atoms with Crippen molar-refractivity contribution >= 4 is 12.2 Å². The van der Waals surface area contributed by atoms with Crippen molar-refractivity contribution in [3.8, 4) is 0 Å². The van der Waals surface area contributed by atoms with Crippen LogP contribution >= 0.6 is 0 Å². The van der Waals surface area contributed by atoms with Gasteiger partial charge in [0.05, 0.1) is 11.9 Å². The van der Waals surface area contributed by atoms with Crippen molar-refractivity contribution in [3.63, 3.8) is 0 Å². The molecule has 0 spiro atoms. The number of rotatable bonds is 11. The zero-order valence-corrected chi connectivity index (χ0v) is 23.7. The maximum Gasteiger partial charge on any atom is 0.327 e. The van der Waals surface area contributed by atoms with Gasteiger partial charge in [-0.25, -0.2) is 9.18 Å². The first-order chi connectivity index (χ1) is 17.6. The first kappa shape index (κ1) is 37.8. The molecule has 0 aliphatic rings. The quantitative estimate of drug-likeness (QED) is 0.132. The summed E-state index contributed by atoms with van der Waals surface area (Å²) in [5, 5.41) is 13.8. The highest BCUT2D eigenvalue weighted by Crippen LogP contribution is 2.13. The predicted molar refractivity (Wildman–Crippen MR) is 159 cm³/mol. The van der Waals surface area contributed by atoms with Gasteiger partial charge in [0.1, 0.15) is 5.82 Å². The summed E-state index contributed by atoms with van der Waals surface area (Å²) in [5.41, 5.74) is 3.57.